The van der Waals surface area contributed by atoms with Gasteiger partial charge in [0.1, 0.15) is 0 Å². The molecule has 14 heavy (non-hydrogen) atoms. The zero-order chi connectivity index (χ0) is 10.9. The minimum Gasteiger partial charge on any atom is -0.166 e. The van der Waals surface area contributed by atoms with Crippen LogP contribution < -0.4 is 0 Å². The Labute approximate surface area is 94.6 Å². The zero-order valence-electron chi connectivity index (χ0n) is 7.53. The second-order valence-corrected chi connectivity index (χ2v) is 4.27. The first kappa shape index (κ1) is 11.8. The van der Waals surface area contributed by atoms with Crippen molar-refractivity contribution in [2.75, 3.05) is 0 Å². The average molecular weight is 313 g/mol. The number of benzene rings is 1. The molecule has 0 nitrogen and oxygen atoms in total. The summed E-state index contributed by atoms with van der Waals surface area (Å²) in [6.07, 6.45) is -4.29. The van der Waals surface area contributed by atoms with Crippen molar-refractivity contribution in [2.24, 2.45) is 0 Å². The molecule has 1 aromatic carbocycles. The van der Waals surface area contributed by atoms with Gasteiger partial charge in [-0.15, -0.1) is 0 Å². The summed E-state index contributed by atoms with van der Waals surface area (Å²) in [4.78, 5) is 0. The second-order valence-electron chi connectivity index (χ2n) is 3.10. The van der Waals surface area contributed by atoms with Crippen LogP contribution in [0.2, 0.25) is 0 Å². The van der Waals surface area contributed by atoms with E-state index in [-0.39, 0.29) is 15.1 Å². The van der Waals surface area contributed by atoms with E-state index in [4.69, 9.17) is 0 Å². The van der Waals surface area contributed by atoms with Crippen LogP contribution >= 0.6 is 22.6 Å². The Balaban J connectivity index is 3.38. The molecular weight excluding hydrogens is 304 g/mol. The molecular formula is C10H9F3I. The van der Waals surface area contributed by atoms with Crippen LogP contribution in [0, 0.1) is 10.5 Å². The van der Waals surface area contributed by atoms with E-state index in [1.807, 2.05) is 0 Å². The maximum Gasteiger partial charge on any atom is 0.417 e. The maximum atomic E-state index is 12.6. The van der Waals surface area contributed by atoms with E-state index in [0.29, 0.717) is 0 Å². The van der Waals surface area contributed by atoms with Crippen molar-refractivity contribution in [2.45, 2.75) is 19.0 Å². The summed E-state index contributed by atoms with van der Waals surface area (Å²) >= 11 is 1.70. The van der Waals surface area contributed by atoms with Crippen LogP contribution in [-0.2, 0) is 6.18 Å². The molecule has 0 aliphatic carbocycles. The average Bonchev–Trinajstić information content (AvgIpc) is 2.01. The van der Waals surface area contributed by atoms with Gasteiger partial charge in [-0.1, -0.05) is 19.1 Å². The number of hydrogen-bond acceptors (Lipinski definition) is 0. The highest BCUT2D eigenvalue weighted by Gasteiger charge is 2.35. The van der Waals surface area contributed by atoms with Gasteiger partial charge in [0.05, 0.1) is 5.56 Å². The van der Waals surface area contributed by atoms with Gasteiger partial charge in [-0.05, 0) is 47.1 Å². The van der Waals surface area contributed by atoms with Gasteiger partial charge < -0.3 is 0 Å². The maximum absolute atomic E-state index is 12.6. The summed E-state index contributed by atoms with van der Waals surface area (Å²) in [5, 5.41) is 0. The van der Waals surface area contributed by atoms with Crippen LogP contribution in [0.1, 0.15) is 24.0 Å². The van der Waals surface area contributed by atoms with Gasteiger partial charge in [0.25, 0.3) is 0 Å². The first-order valence-electron chi connectivity index (χ1n) is 4.02. The summed E-state index contributed by atoms with van der Waals surface area (Å²) in [7, 11) is 0. The van der Waals surface area contributed by atoms with Crippen LogP contribution in [0.5, 0.6) is 0 Å². The highest BCUT2D eigenvalue weighted by atomic mass is 127. The molecule has 0 spiro atoms. The molecule has 1 atom stereocenters. The van der Waals surface area contributed by atoms with Crippen molar-refractivity contribution in [3.05, 3.63) is 39.8 Å². The summed E-state index contributed by atoms with van der Waals surface area (Å²) in [6.45, 7) is 5.27. The number of alkyl halides is 3. The molecule has 0 fully saturated rings. The first-order chi connectivity index (χ1) is 6.34. The van der Waals surface area contributed by atoms with Crippen molar-refractivity contribution < 1.29 is 13.2 Å². The Morgan fingerprint density at radius 2 is 1.93 bits per heavy atom. The molecule has 4 heteroatoms. The summed E-state index contributed by atoms with van der Waals surface area (Å²) in [5.41, 5.74) is -0.299. The minimum atomic E-state index is -4.29. The second kappa shape index (κ2) is 4.08. The molecule has 0 N–H and O–H groups in total. The monoisotopic (exact) mass is 313 g/mol. The largest absolute Gasteiger partial charge is 0.417 e. The third-order valence-electron chi connectivity index (χ3n) is 1.86. The van der Waals surface area contributed by atoms with Crippen LogP contribution in [0.3, 0.4) is 0 Å². The molecule has 1 radical (unpaired) electrons. The fourth-order valence-electron chi connectivity index (χ4n) is 1.25. The Hall–Kier alpha value is -0.260. The third-order valence-corrected chi connectivity index (χ3v) is 2.76. The molecule has 0 heterocycles. The molecule has 77 valence electrons. The number of halogens is 4. The van der Waals surface area contributed by atoms with E-state index in [2.05, 4.69) is 6.92 Å². The zero-order valence-corrected chi connectivity index (χ0v) is 9.69. The van der Waals surface area contributed by atoms with E-state index in [9.17, 15) is 13.2 Å². The van der Waals surface area contributed by atoms with Gasteiger partial charge in [-0.2, -0.15) is 13.2 Å². The lowest BCUT2D eigenvalue weighted by Gasteiger charge is -2.16. The fraction of sp³-hybridized carbons (Fsp3) is 0.300. The summed E-state index contributed by atoms with van der Waals surface area (Å²) < 4.78 is 38.1. The van der Waals surface area contributed by atoms with E-state index in [1.54, 1.807) is 35.6 Å². The molecule has 1 rings (SSSR count). The standard InChI is InChI=1S/C10H9F3I/c1-6(2)7-4-3-5-8(14)9(7)10(11,12)13/h3-6H,1H2,2H3. The predicted octanol–water partition coefficient (Wildman–Crippen LogP) is 4.25. The van der Waals surface area contributed by atoms with Crippen LogP contribution in [0.15, 0.2) is 18.2 Å². The topological polar surface area (TPSA) is 0 Å². The lowest BCUT2D eigenvalue weighted by molar-refractivity contribution is -0.139. The molecule has 1 aromatic rings. The van der Waals surface area contributed by atoms with Crippen molar-refractivity contribution in [3.8, 4) is 0 Å². The number of hydrogen-bond donors (Lipinski definition) is 0. The SMILES string of the molecule is [CH2]C(C)c1cccc(I)c1C(F)(F)F. The van der Waals surface area contributed by atoms with Crippen molar-refractivity contribution in [1.29, 1.82) is 0 Å². The molecule has 0 aromatic heterocycles. The fourth-order valence-corrected chi connectivity index (χ4v) is 2.08. The van der Waals surface area contributed by atoms with E-state index < -0.39 is 11.7 Å². The predicted molar refractivity (Wildman–Crippen MR) is 57.9 cm³/mol. The lowest BCUT2D eigenvalue weighted by atomic mass is 9.97. The Kier molecular flexibility index (Phi) is 3.44. The molecule has 0 aliphatic heterocycles. The van der Waals surface area contributed by atoms with Gasteiger partial charge in [-0.3, -0.25) is 0 Å². The quantitative estimate of drug-likeness (QED) is 0.680. The van der Waals surface area contributed by atoms with Crippen LogP contribution in [0.25, 0.3) is 0 Å². The molecule has 0 bridgehead atoms. The van der Waals surface area contributed by atoms with Gasteiger partial charge in [0, 0.05) is 3.57 Å². The Bertz CT molecular complexity index is 329. The van der Waals surface area contributed by atoms with Crippen molar-refractivity contribution in [3.63, 3.8) is 0 Å². The van der Waals surface area contributed by atoms with Gasteiger partial charge in [0.2, 0.25) is 0 Å². The minimum absolute atomic E-state index is 0.225. The third kappa shape index (κ3) is 2.40. The highest BCUT2D eigenvalue weighted by Crippen LogP contribution is 2.37. The molecule has 0 aliphatic rings. The Morgan fingerprint density at radius 1 is 1.36 bits per heavy atom. The van der Waals surface area contributed by atoms with Crippen LogP contribution in [0.4, 0.5) is 13.2 Å². The smallest absolute Gasteiger partial charge is 0.166 e. The highest BCUT2D eigenvalue weighted by molar-refractivity contribution is 14.1. The molecule has 0 saturated carbocycles. The molecule has 1 unspecified atom stereocenters. The van der Waals surface area contributed by atoms with Crippen LogP contribution in [-0.4, -0.2) is 0 Å². The van der Waals surface area contributed by atoms with Gasteiger partial charge in [-0.25, -0.2) is 0 Å². The normalized spacial score (nSPS) is 12.2. The Morgan fingerprint density at radius 3 is 2.29 bits per heavy atom. The van der Waals surface area contributed by atoms with Gasteiger partial charge in [0.15, 0.2) is 0 Å². The van der Waals surface area contributed by atoms with Crippen molar-refractivity contribution >= 4 is 22.6 Å². The molecule has 0 amide bonds. The van der Waals surface area contributed by atoms with Gasteiger partial charge >= 0.3 is 6.18 Å². The molecule has 0 saturated heterocycles. The first-order valence-corrected chi connectivity index (χ1v) is 5.10. The lowest BCUT2D eigenvalue weighted by Crippen LogP contribution is -2.12. The van der Waals surface area contributed by atoms with E-state index >= 15 is 0 Å². The van der Waals surface area contributed by atoms with Crippen molar-refractivity contribution in [1.82, 2.24) is 0 Å². The van der Waals surface area contributed by atoms with E-state index in [0.717, 1.165) is 0 Å². The summed E-state index contributed by atoms with van der Waals surface area (Å²) in [5.74, 6) is -0.360. The number of rotatable bonds is 1. The summed E-state index contributed by atoms with van der Waals surface area (Å²) in [6, 6.07) is 4.55. The van der Waals surface area contributed by atoms with E-state index in [1.165, 1.54) is 12.1 Å².